The summed E-state index contributed by atoms with van der Waals surface area (Å²) in [7, 11) is 2.00. The Bertz CT molecular complexity index is 686. The highest BCUT2D eigenvalue weighted by molar-refractivity contribution is 6.30. The van der Waals surface area contributed by atoms with Crippen molar-refractivity contribution in [3.8, 4) is 11.4 Å². The summed E-state index contributed by atoms with van der Waals surface area (Å²) in [6.45, 7) is 1.47. The molecule has 1 aliphatic rings. The zero-order chi connectivity index (χ0) is 16.9. The molecule has 6 nitrogen and oxygen atoms in total. The molecule has 0 aliphatic carbocycles. The van der Waals surface area contributed by atoms with E-state index in [2.05, 4.69) is 20.4 Å². The summed E-state index contributed by atoms with van der Waals surface area (Å²) in [5, 5.41) is 7.59. The fourth-order valence-corrected chi connectivity index (χ4v) is 3.02. The van der Waals surface area contributed by atoms with Crippen LogP contribution in [0.25, 0.3) is 11.4 Å². The van der Waals surface area contributed by atoms with Gasteiger partial charge in [0.15, 0.2) is 0 Å². The van der Waals surface area contributed by atoms with Crippen LogP contribution in [0.1, 0.15) is 25.2 Å². The van der Waals surface area contributed by atoms with Gasteiger partial charge in [0.25, 0.3) is 0 Å². The Morgan fingerprint density at radius 1 is 1.38 bits per heavy atom. The largest absolute Gasteiger partial charge is 0.354 e. The van der Waals surface area contributed by atoms with Gasteiger partial charge in [0.05, 0.1) is 6.04 Å². The number of hydrogen-bond donors (Lipinski definition) is 1. The molecule has 1 fully saturated rings. The predicted octanol–water partition coefficient (Wildman–Crippen LogP) is 2.53. The molecule has 3 rings (SSSR count). The Morgan fingerprint density at radius 3 is 2.92 bits per heavy atom. The Morgan fingerprint density at radius 2 is 2.17 bits per heavy atom. The average molecular weight is 349 g/mol. The molecule has 1 saturated heterocycles. The Labute approximate surface area is 146 Å². The quantitative estimate of drug-likeness (QED) is 0.899. The van der Waals surface area contributed by atoms with Crippen molar-refractivity contribution in [3.63, 3.8) is 0 Å². The van der Waals surface area contributed by atoms with Gasteiger partial charge in [-0.15, -0.1) is 0 Å². The molecular formula is C17H21ClN4O2. The fourth-order valence-electron chi connectivity index (χ4n) is 2.89. The van der Waals surface area contributed by atoms with E-state index in [1.807, 2.05) is 19.2 Å². The molecule has 128 valence electrons. The van der Waals surface area contributed by atoms with Gasteiger partial charge in [-0.05, 0) is 50.7 Å². The molecule has 0 saturated carbocycles. The Hall–Kier alpha value is -1.92. The van der Waals surface area contributed by atoms with E-state index < -0.39 is 0 Å². The molecular weight excluding hydrogens is 328 g/mol. The molecule has 7 heteroatoms. The van der Waals surface area contributed by atoms with E-state index >= 15 is 0 Å². The normalized spacial score (nSPS) is 18.5. The number of benzene rings is 1. The van der Waals surface area contributed by atoms with Crippen LogP contribution in [0.3, 0.4) is 0 Å². The zero-order valence-electron chi connectivity index (χ0n) is 13.7. The highest BCUT2D eigenvalue weighted by Crippen LogP contribution is 2.19. The fraction of sp³-hybridized carbons (Fsp3) is 0.471. The Kier molecular flexibility index (Phi) is 5.48. The first-order valence-corrected chi connectivity index (χ1v) is 8.58. The standard InChI is InChI=1S/C17H21ClN4O2/c1-22-11-3-2-4-14(22)17(23)19-10-9-15-20-16(21-24-15)12-5-7-13(18)8-6-12/h5-8,14H,2-4,9-11H2,1H3,(H,19,23)/t14-/m1/s1. The van der Waals surface area contributed by atoms with Gasteiger partial charge in [0, 0.05) is 23.6 Å². The molecule has 0 bridgehead atoms. The highest BCUT2D eigenvalue weighted by atomic mass is 35.5. The van der Waals surface area contributed by atoms with Gasteiger partial charge in [-0.1, -0.05) is 23.2 Å². The molecule has 0 unspecified atom stereocenters. The molecule has 1 amide bonds. The van der Waals surface area contributed by atoms with Gasteiger partial charge in [-0.25, -0.2) is 0 Å². The number of piperidine rings is 1. The number of halogens is 1. The summed E-state index contributed by atoms with van der Waals surface area (Å²) < 4.78 is 5.24. The first-order chi connectivity index (χ1) is 11.6. The van der Waals surface area contributed by atoms with Gasteiger partial charge in [-0.3, -0.25) is 9.69 Å². The molecule has 24 heavy (non-hydrogen) atoms. The second-order valence-corrected chi connectivity index (χ2v) is 6.49. The van der Waals surface area contributed by atoms with E-state index in [0.717, 1.165) is 31.4 Å². The number of nitrogens with zero attached hydrogens (tertiary/aromatic N) is 3. The molecule has 1 aromatic carbocycles. The molecule has 1 aromatic heterocycles. The third-order valence-electron chi connectivity index (χ3n) is 4.28. The summed E-state index contributed by atoms with van der Waals surface area (Å²) in [4.78, 5) is 18.7. The maximum Gasteiger partial charge on any atom is 0.237 e. The number of carbonyl (C=O) groups is 1. The van der Waals surface area contributed by atoms with Crippen LogP contribution in [0.5, 0.6) is 0 Å². The van der Waals surface area contributed by atoms with Crippen LogP contribution in [-0.2, 0) is 11.2 Å². The topological polar surface area (TPSA) is 71.3 Å². The van der Waals surface area contributed by atoms with Crippen LogP contribution in [-0.4, -0.2) is 47.1 Å². The summed E-state index contributed by atoms with van der Waals surface area (Å²) in [5.74, 6) is 1.12. The first kappa shape index (κ1) is 16.9. The number of likely N-dealkylation sites (tertiary alicyclic amines) is 1. The molecule has 1 aliphatic heterocycles. The van der Waals surface area contributed by atoms with Gasteiger partial charge in [-0.2, -0.15) is 4.98 Å². The van der Waals surface area contributed by atoms with Crippen LogP contribution < -0.4 is 5.32 Å². The molecule has 1 N–H and O–H groups in total. The van der Waals surface area contributed by atoms with Crippen molar-refractivity contribution in [2.75, 3.05) is 20.1 Å². The van der Waals surface area contributed by atoms with Gasteiger partial charge < -0.3 is 9.84 Å². The van der Waals surface area contributed by atoms with Crippen LogP contribution >= 0.6 is 11.6 Å². The number of hydrogen-bond acceptors (Lipinski definition) is 5. The molecule has 0 radical (unpaired) electrons. The van der Waals surface area contributed by atoms with Crippen molar-refractivity contribution in [1.29, 1.82) is 0 Å². The number of rotatable bonds is 5. The molecule has 2 heterocycles. The second-order valence-electron chi connectivity index (χ2n) is 6.05. The van der Waals surface area contributed by atoms with Crippen molar-refractivity contribution >= 4 is 17.5 Å². The minimum absolute atomic E-state index is 0.0222. The molecule has 2 aromatic rings. The maximum atomic E-state index is 12.2. The highest BCUT2D eigenvalue weighted by Gasteiger charge is 2.25. The average Bonchev–Trinajstić information content (AvgIpc) is 3.04. The SMILES string of the molecule is CN1CCCC[C@@H]1C(=O)NCCc1nc(-c2ccc(Cl)cc2)no1. The third-order valence-corrected chi connectivity index (χ3v) is 4.53. The van der Waals surface area contributed by atoms with Crippen LogP contribution in [0.4, 0.5) is 0 Å². The van der Waals surface area contributed by atoms with E-state index in [1.165, 1.54) is 0 Å². The lowest BCUT2D eigenvalue weighted by atomic mass is 10.0. The van der Waals surface area contributed by atoms with E-state index in [0.29, 0.717) is 29.7 Å². The number of likely N-dealkylation sites (N-methyl/N-ethyl adjacent to an activating group) is 1. The lowest BCUT2D eigenvalue weighted by Gasteiger charge is -2.31. The summed E-state index contributed by atoms with van der Waals surface area (Å²) in [6, 6.07) is 7.24. The Balaban J connectivity index is 1.50. The van der Waals surface area contributed by atoms with E-state index in [9.17, 15) is 4.79 Å². The minimum atomic E-state index is -0.0222. The predicted molar refractivity (Wildman–Crippen MR) is 91.7 cm³/mol. The van der Waals surface area contributed by atoms with Crippen molar-refractivity contribution in [3.05, 3.63) is 35.2 Å². The lowest BCUT2D eigenvalue weighted by molar-refractivity contribution is -0.126. The van der Waals surface area contributed by atoms with Crippen LogP contribution in [0, 0.1) is 0 Å². The van der Waals surface area contributed by atoms with Crippen LogP contribution in [0.15, 0.2) is 28.8 Å². The smallest absolute Gasteiger partial charge is 0.237 e. The monoisotopic (exact) mass is 348 g/mol. The zero-order valence-corrected chi connectivity index (χ0v) is 14.4. The van der Waals surface area contributed by atoms with Crippen molar-refractivity contribution in [2.45, 2.75) is 31.7 Å². The van der Waals surface area contributed by atoms with Crippen molar-refractivity contribution in [2.24, 2.45) is 0 Å². The second kappa shape index (κ2) is 7.77. The first-order valence-electron chi connectivity index (χ1n) is 8.20. The third kappa shape index (κ3) is 4.13. The summed E-state index contributed by atoms with van der Waals surface area (Å²) >= 11 is 5.87. The summed E-state index contributed by atoms with van der Waals surface area (Å²) in [6.07, 6.45) is 3.71. The van der Waals surface area contributed by atoms with E-state index in [4.69, 9.17) is 16.1 Å². The van der Waals surface area contributed by atoms with Gasteiger partial charge in [0.2, 0.25) is 17.6 Å². The van der Waals surface area contributed by atoms with Gasteiger partial charge in [0.1, 0.15) is 0 Å². The number of nitrogens with one attached hydrogen (secondary N) is 1. The van der Waals surface area contributed by atoms with E-state index in [1.54, 1.807) is 12.1 Å². The maximum absolute atomic E-state index is 12.2. The number of aromatic nitrogens is 2. The molecule has 0 spiro atoms. The van der Waals surface area contributed by atoms with Crippen LogP contribution in [0.2, 0.25) is 5.02 Å². The van der Waals surface area contributed by atoms with Crippen molar-refractivity contribution in [1.82, 2.24) is 20.4 Å². The van der Waals surface area contributed by atoms with Gasteiger partial charge >= 0.3 is 0 Å². The molecule has 1 atom stereocenters. The number of amides is 1. The lowest BCUT2D eigenvalue weighted by Crippen LogP contribution is -2.47. The van der Waals surface area contributed by atoms with E-state index in [-0.39, 0.29) is 11.9 Å². The number of carbonyl (C=O) groups excluding carboxylic acids is 1. The summed E-state index contributed by atoms with van der Waals surface area (Å²) in [5.41, 5.74) is 0.849. The van der Waals surface area contributed by atoms with Crippen molar-refractivity contribution < 1.29 is 9.32 Å². The minimum Gasteiger partial charge on any atom is -0.354 e.